The Hall–Kier alpha value is -2.99. The Morgan fingerprint density at radius 2 is 1.95 bits per heavy atom. The number of halogens is 6. The Bertz CT molecular complexity index is 1360. The van der Waals surface area contributed by atoms with Crippen molar-refractivity contribution in [2.24, 2.45) is 0 Å². The zero-order chi connectivity index (χ0) is 27.9. The molecule has 2 atom stereocenters. The molecule has 2 aromatic heterocycles. The molecule has 2 aliphatic heterocycles. The molecule has 39 heavy (non-hydrogen) atoms. The number of fused-ring (bicyclic) bond motifs is 2. The van der Waals surface area contributed by atoms with Crippen molar-refractivity contribution in [3.63, 3.8) is 0 Å². The van der Waals surface area contributed by atoms with Crippen molar-refractivity contribution in [1.29, 1.82) is 0 Å². The van der Waals surface area contributed by atoms with Crippen LogP contribution in [0, 0.1) is 5.82 Å². The van der Waals surface area contributed by atoms with Crippen LogP contribution in [0.3, 0.4) is 0 Å². The minimum absolute atomic E-state index is 0.107. The summed E-state index contributed by atoms with van der Waals surface area (Å²) >= 11 is 6.26. The second-order valence-corrected chi connectivity index (χ2v) is 10.3. The van der Waals surface area contributed by atoms with E-state index in [0.717, 1.165) is 32.0 Å². The highest BCUT2D eigenvalue weighted by molar-refractivity contribution is 6.32. The third kappa shape index (κ3) is 6.11. The third-order valence-electron chi connectivity index (χ3n) is 7.00. The lowest BCUT2D eigenvalue weighted by atomic mass is 9.98. The van der Waals surface area contributed by atoms with Gasteiger partial charge in [-0.3, -0.25) is 9.88 Å². The Morgan fingerprint density at radius 3 is 2.62 bits per heavy atom. The summed E-state index contributed by atoms with van der Waals surface area (Å²) in [5, 5.41) is 10.1. The zero-order valence-electron chi connectivity index (χ0n) is 20.9. The summed E-state index contributed by atoms with van der Waals surface area (Å²) in [7, 11) is 1.19. The van der Waals surface area contributed by atoms with E-state index in [-0.39, 0.29) is 44.9 Å². The fourth-order valence-electron chi connectivity index (χ4n) is 5.16. The Labute approximate surface area is 225 Å². The van der Waals surface area contributed by atoms with Gasteiger partial charge in [-0.15, -0.1) is 0 Å². The van der Waals surface area contributed by atoms with Crippen LogP contribution < -0.4 is 9.47 Å². The van der Waals surface area contributed by atoms with Crippen LogP contribution in [0.2, 0.25) is 5.02 Å². The molecule has 1 N–H and O–H groups in total. The number of phenolic OH excluding ortho intramolecular Hbond substituents is 1. The highest BCUT2D eigenvalue weighted by atomic mass is 35.5. The molecule has 3 aromatic rings. The fourth-order valence-corrected chi connectivity index (χ4v) is 5.53. The number of phenols is 1. The Balaban J connectivity index is 0.000000287. The standard InChI is InChI=1S/C19H14ClF4N3O3.C7H12FN/c1-29-18-26-16-11(17(27-18)30-7-19(22,23)24)6-25-15(14(16)21)10-4-9(28)5-12(20)13(10)8-2-3-8;8-6-4-7-2-1-3-9(7)5-6/h4-6,8,28H,2-3,7H2,1H3;6-7H,1-5H2. The van der Waals surface area contributed by atoms with Gasteiger partial charge in [0.2, 0.25) is 5.88 Å². The van der Waals surface area contributed by atoms with E-state index in [4.69, 9.17) is 21.1 Å². The average molecular weight is 573 g/mol. The largest absolute Gasteiger partial charge is 0.508 e. The van der Waals surface area contributed by atoms with Gasteiger partial charge in [-0.1, -0.05) is 11.6 Å². The van der Waals surface area contributed by atoms with Gasteiger partial charge in [0.15, 0.2) is 12.4 Å². The lowest BCUT2D eigenvalue weighted by Crippen LogP contribution is -2.22. The molecule has 1 aliphatic carbocycles. The van der Waals surface area contributed by atoms with Crippen LogP contribution in [-0.2, 0) is 0 Å². The van der Waals surface area contributed by atoms with Gasteiger partial charge in [-0.2, -0.15) is 23.1 Å². The van der Waals surface area contributed by atoms with Crippen LogP contribution in [0.15, 0.2) is 18.3 Å². The van der Waals surface area contributed by atoms with E-state index >= 15 is 4.39 Å². The number of methoxy groups -OCH3 is 1. The van der Waals surface area contributed by atoms with Gasteiger partial charge in [0.25, 0.3) is 0 Å². The maximum atomic E-state index is 15.4. The van der Waals surface area contributed by atoms with Crippen LogP contribution in [0.4, 0.5) is 22.0 Å². The van der Waals surface area contributed by atoms with Gasteiger partial charge in [0.05, 0.1) is 12.5 Å². The second-order valence-electron chi connectivity index (χ2n) is 9.89. The van der Waals surface area contributed by atoms with Crippen molar-refractivity contribution >= 4 is 22.5 Å². The van der Waals surface area contributed by atoms with Crippen LogP contribution in [0.5, 0.6) is 17.6 Å². The summed E-state index contributed by atoms with van der Waals surface area (Å²) in [6.07, 6.45) is 1.03. The van der Waals surface area contributed by atoms with Gasteiger partial charge in [-0.05, 0) is 62.3 Å². The predicted molar refractivity (Wildman–Crippen MR) is 134 cm³/mol. The second kappa shape index (κ2) is 10.9. The summed E-state index contributed by atoms with van der Waals surface area (Å²) in [6, 6.07) is 2.95. The van der Waals surface area contributed by atoms with Crippen LogP contribution >= 0.6 is 11.6 Å². The van der Waals surface area contributed by atoms with Gasteiger partial charge >= 0.3 is 12.2 Å². The van der Waals surface area contributed by atoms with Gasteiger partial charge < -0.3 is 14.6 Å². The average Bonchev–Trinajstić information content (AvgIpc) is 3.51. The maximum Gasteiger partial charge on any atom is 0.422 e. The molecule has 3 fully saturated rings. The lowest BCUT2D eigenvalue weighted by Gasteiger charge is -2.15. The molecule has 1 aromatic carbocycles. The van der Waals surface area contributed by atoms with Crippen molar-refractivity contribution < 1.29 is 36.5 Å². The molecule has 0 radical (unpaired) electrons. The van der Waals surface area contributed by atoms with Crippen molar-refractivity contribution in [2.45, 2.75) is 56.4 Å². The number of rotatable bonds is 5. The molecule has 2 unspecified atom stereocenters. The van der Waals surface area contributed by atoms with E-state index in [2.05, 4.69) is 19.9 Å². The highest BCUT2D eigenvalue weighted by Gasteiger charge is 2.35. The van der Waals surface area contributed by atoms with E-state index in [0.29, 0.717) is 18.2 Å². The molecule has 0 spiro atoms. The number of aromatic hydroxyl groups is 1. The number of alkyl halides is 4. The van der Waals surface area contributed by atoms with E-state index in [1.807, 2.05) is 0 Å². The summed E-state index contributed by atoms with van der Waals surface area (Å²) in [6.45, 7) is 0.232. The molecular weight excluding hydrogens is 547 g/mol. The van der Waals surface area contributed by atoms with Gasteiger partial charge in [-0.25, -0.2) is 8.78 Å². The summed E-state index contributed by atoms with van der Waals surface area (Å²) in [4.78, 5) is 14.0. The molecule has 6 rings (SSSR count). The van der Waals surface area contributed by atoms with Crippen molar-refractivity contribution in [2.75, 3.05) is 26.8 Å². The van der Waals surface area contributed by atoms with Crippen molar-refractivity contribution in [3.8, 4) is 28.9 Å². The summed E-state index contributed by atoms with van der Waals surface area (Å²) in [5.41, 5.74) is 0.460. The molecule has 1 saturated carbocycles. The topological polar surface area (TPSA) is 80.6 Å². The molecule has 13 heteroatoms. The normalized spacial score (nSPS) is 21.0. The molecule has 4 heterocycles. The Morgan fingerprint density at radius 1 is 1.18 bits per heavy atom. The van der Waals surface area contributed by atoms with E-state index in [1.54, 1.807) is 0 Å². The molecule has 7 nitrogen and oxygen atoms in total. The smallest absolute Gasteiger partial charge is 0.422 e. The third-order valence-corrected chi connectivity index (χ3v) is 7.31. The Kier molecular flexibility index (Phi) is 7.69. The minimum atomic E-state index is -4.62. The molecule has 0 amide bonds. The van der Waals surface area contributed by atoms with Crippen LogP contribution in [0.1, 0.15) is 43.6 Å². The number of hydrogen-bond donors (Lipinski definition) is 1. The van der Waals surface area contributed by atoms with E-state index in [1.165, 1.54) is 32.1 Å². The van der Waals surface area contributed by atoms with Gasteiger partial charge in [0.1, 0.15) is 23.1 Å². The number of benzene rings is 1. The van der Waals surface area contributed by atoms with E-state index < -0.39 is 30.7 Å². The van der Waals surface area contributed by atoms with Crippen molar-refractivity contribution in [3.05, 3.63) is 34.7 Å². The quantitative estimate of drug-likeness (QED) is 0.364. The summed E-state index contributed by atoms with van der Waals surface area (Å²) in [5.74, 6) is -1.50. The highest BCUT2D eigenvalue weighted by Crippen LogP contribution is 2.49. The van der Waals surface area contributed by atoms with Crippen molar-refractivity contribution in [1.82, 2.24) is 19.9 Å². The lowest BCUT2D eigenvalue weighted by molar-refractivity contribution is -0.153. The monoisotopic (exact) mass is 572 g/mol. The molecular formula is C26H26ClF5N4O3. The number of pyridine rings is 1. The first-order chi connectivity index (χ1) is 18.5. The first kappa shape index (κ1) is 27.6. The first-order valence-corrected chi connectivity index (χ1v) is 12.9. The molecule has 210 valence electrons. The zero-order valence-corrected chi connectivity index (χ0v) is 21.7. The van der Waals surface area contributed by atoms with Crippen LogP contribution in [0.25, 0.3) is 22.2 Å². The molecule has 3 aliphatic rings. The number of ether oxygens (including phenoxy) is 2. The number of nitrogens with zero attached hydrogens (tertiary/aromatic N) is 4. The fraction of sp³-hybridized carbons (Fsp3) is 0.500. The van der Waals surface area contributed by atoms with Gasteiger partial charge in [0, 0.05) is 29.4 Å². The minimum Gasteiger partial charge on any atom is -0.508 e. The SMILES string of the molecule is COc1nc(OCC(F)(F)F)c2cnc(-c3cc(O)cc(Cl)c3C3CC3)c(F)c2n1.FC1CC2CCCN2C1. The van der Waals surface area contributed by atoms with Crippen LogP contribution in [-0.4, -0.2) is 70.2 Å². The molecule has 0 bridgehead atoms. The summed E-state index contributed by atoms with van der Waals surface area (Å²) < 4.78 is 75.3. The number of aromatic nitrogens is 3. The first-order valence-electron chi connectivity index (χ1n) is 12.5. The predicted octanol–water partition coefficient (Wildman–Crippen LogP) is 6.21. The number of hydrogen-bond acceptors (Lipinski definition) is 7. The molecule has 2 saturated heterocycles. The van der Waals surface area contributed by atoms with E-state index in [9.17, 15) is 22.7 Å². The maximum absolute atomic E-state index is 15.4.